The third-order valence-electron chi connectivity index (χ3n) is 9.31. The monoisotopic (exact) mass is 536 g/mol. The van der Waals surface area contributed by atoms with Crippen LogP contribution in [0.4, 0.5) is 0 Å². The molecule has 0 unspecified atom stereocenters. The fourth-order valence-corrected chi connectivity index (χ4v) is 7.21. The molecule has 0 fully saturated rings. The normalized spacial score (nSPS) is 14.7. The Balaban J connectivity index is 1.21. The summed E-state index contributed by atoms with van der Waals surface area (Å²) in [5.74, 6) is 2.90. The minimum atomic E-state index is 0.982. The van der Waals surface area contributed by atoms with Crippen molar-refractivity contribution in [3.8, 4) is 0 Å². The van der Waals surface area contributed by atoms with Crippen LogP contribution < -0.4 is 0 Å². The first-order valence-corrected chi connectivity index (χ1v) is 15.0. The lowest BCUT2D eigenvalue weighted by Crippen LogP contribution is -2.07. The molecule has 2 aliphatic carbocycles. The van der Waals surface area contributed by atoms with Crippen molar-refractivity contribution in [3.05, 3.63) is 178 Å². The lowest BCUT2D eigenvalue weighted by atomic mass is 9.80. The molecule has 200 valence electrons. The standard InChI is InChI=1S/C42H32/c1-27-19-21-39(35-17-9-7-13-31(27)35)41-25-29-11-3-5-15-33(29)37(41)23-24-38-34-16-6-4-12-30(34)26-42(38)40-22-20-28(2)32-14-8-10-18-36(32)40/h3-22,25-26H,23-24H2,1-2H3. The molecule has 8 rings (SSSR count). The number of rotatable bonds is 5. The molecule has 0 saturated heterocycles. The van der Waals surface area contributed by atoms with Crippen molar-refractivity contribution in [2.75, 3.05) is 0 Å². The molecule has 0 saturated carbocycles. The van der Waals surface area contributed by atoms with Gasteiger partial charge >= 0.3 is 0 Å². The minimum Gasteiger partial charge on any atom is -0.0619 e. The summed E-state index contributed by atoms with van der Waals surface area (Å²) >= 11 is 0. The topological polar surface area (TPSA) is 0 Å². The van der Waals surface area contributed by atoms with E-state index in [9.17, 15) is 0 Å². The van der Waals surface area contributed by atoms with E-state index in [1.165, 1.54) is 89.0 Å². The molecule has 0 aliphatic heterocycles. The molecule has 0 bridgehead atoms. The molecule has 0 spiro atoms. The second-order valence-electron chi connectivity index (χ2n) is 11.7. The van der Waals surface area contributed by atoms with Gasteiger partial charge in [0.05, 0.1) is 0 Å². The van der Waals surface area contributed by atoms with Crippen molar-refractivity contribution in [1.82, 2.24) is 0 Å². The van der Waals surface area contributed by atoms with E-state index in [2.05, 4.69) is 147 Å². The van der Waals surface area contributed by atoms with Gasteiger partial charge in [0.2, 0.25) is 0 Å². The summed E-state index contributed by atoms with van der Waals surface area (Å²) in [6, 6.07) is 44.8. The van der Waals surface area contributed by atoms with Crippen molar-refractivity contribution in [2.24, 2.45) is 0 Å². The molecular formula is C42H32. The Labute approximate surface area is 248 Å². The van der Waals surface area contributed by atoms with Crippen molar-refractivity contribution >= 4 is 44.8 Å². The Morgan fingerprint density at radius 3 is 1.19 bits per heavy atom. The molecule has 0 aromatic heterocycles. The van der Waals surface area contributed by atoms with Gasteiger partial charge < -0.3 is 0 Å². The Morgan fingerprint density at radius 2 is 0.738 bits per heavy atom. The molecule has 42 heavy (non-hydrogen) atoms. The van der Waals surface area contributed by atoms with Gasteiger partial charge in [0.25, 0.3) is 0 Å². The number of hydrogen-bond acceptors (Lipinski definition) is 0. The number of allylic oxidation sites excluding steroid dienone is 2. The van der Waals surface area contributed by atoms with Crippen molar-refractivity contribution in [1.29, 1.82) is 0 Å². The van der Waals surface area contributed by atoms with Crippen LogP contribution in [-0.4, -0.2) is 0 Å². The van der Waals surface area contributed by atoms with Crippen LogP contribution in [0.2, 0.25) is 0 Å². The maximum atomic E-state index is 2.42. The summed E-state index contributed by atoms with van der Waals surface area (Å²) < 4.78 is 0. The smallest absolute Gasteiger partial charge is 0.0353 e. The zero-order valence-electron chi connectivity index (χ0n) is 24.1. The fraction of sp³-hybridized carbons (Fsp3) is 0.0952. The van der Waals surface area contributed by atoms with Crippen molar-refractivity contribution in [2.45, 2.75) is 26.7 Å². The summed E-state index contributed by atoms with van der Waals surface area (Å²) in [4.78, 5) is 0. The molecule has 0 atom stereocenters. The van der Waals surface area contributed by atoms with Gasteiger partial charge in [-0.3, -0.25) is 0 Å². The molecule has 2 aliphatic rings. The molecule has 6 aromatic rings. The molecule has 0 N–H and O–H groups in total. The largest absolute Gasteiger partial charge is 0.0619 e. The van der Waals surface area contributed by atoms with E-state index in [0.29, 0.717) is 0 Å². The van der Waals surface area contributed by atoms with Gasteiger partial charge in [0, 0.05) is 11.8 Å². The van der Waals surface area contributed by atoms with Gasteiger partial charge in [0.1, 0.15) is 0 Å². The molecular weight excluding hydrogens is 504 g/mol. The first-order chi connectivity index (χ1) is 20.7. The SMILES string of the molecule is Cc1ccc(C2=Cc3ccccc3[C]2CC[C]2C(c3ccc(C)c4ccccc34)=Cc3ccccc32)c2ccccc12. The van der Waals surface area contributed by atoms with E-state index in [4.69, 9.17) is 0 Å². The second kappa shape index (κ2) is 10.00. The highest BCUT2D eigenvalue weighted by Crippen LogP contribution is 2.50. The summed E-state index contributed by atoms with van der Waals surface area (Å²) in [5, 5.41) is 5.34. The van der Waals surface area contributed by atoms with Gasteiger partial charge in [-0.2, -0.15) is 0 Å². The fourth-order valence-electron chi connectivity index (χ4n) is 7.21. The summed E-state index contributed by atoms with van der Waals surface area (Å²) in [6.07, 6.45) is 6.80. The van der Waals surface area contributed by atoms with Gasteiger partial charge in [0.15, 0.2) is 0 Å². The van der Waals surface area contributed by atoms with Crippen LogP contribution in [0.1, 0.15) is 57.3 Å². The number of fused-ring (bicyclic) bond motifs is 4. The quantitative estimate of drug-likeness (QED) is 0.206. The lowest BCUT2D eigenvalue weighted by molar-refractivity contribution is 0.861. The minimum absolute atomic E-state index is 0.982. The maximum Gasteiger partial charge on any atom is 0.0353 e. The van der Waals surface area contributed by atoms with Gasteiger partial charge in [-0.05, 0) is 116 Å². The number of hydrogen-bond donors (Lipinski definition) is 0. The Bertz CT molecular complexity index is 1920. The van der Waals surface area contributed by atoms with Crippen LogP contribution in [0.15, 0.2) is 121 Å². The van der Waals surface area contributed by atoms with Gasteiger partial charge in [-0.25, -0.2) is 0 Å². The Kier molecular flexibility index (Phi) is 5.97. The predicted octanol–water partition coefficient (Wildman–Crippen LogP) is 11.0. The van der Waals surface area contributed by atoms with Crippen molar-refractivity contribution in [3.63, 3.8) is 0 Å². The first-order valence-electron chi connectivity index (χ1n) is 15.0. The number of benzene rings is 6. The lowest BCUT2D eigenvalue weighted by Gasteiger charge is -2.23. The second-order valence-corrected chi connectivity index (χ2v) is 11.7. The summed E-state index contributed by atoms with van der Waals surface area (Å²) in [7, 11) is 0. The van der Waals surface area contributed by atoms with E-state index < -0.39 is 0 Å². The highest BCUT2D eigenvalue weighted by Gasteiger charge is 2.32. The van der Waals surface area contributed by atoms with Gasteiger partial charge in [-0.15, -0.1) is 0 Å². The van der Waals surface area contributed by atoms with Crippen LogP contribution in [-0.2, 0) is 0 Å². The van der Waals surface area contributed by atoms with Crippen LogP contribution in [0, 0.1) is 25.7 Å². The zero-order valence-corrected chi connectivity index (χ0v) is 24.1. The van der Waals surface area contributed by atoms with Crippen LogP contribution >= 0.6 is 0 Å². The number of aryl methyl sites for hydroxylation is 2. The molecule has 2 radical (unpaired) electrons. The third kappa shape index (κ3) is 3.97. The van der Waals surface area contributed by atoms with Gasteiger partial charge in [-0.1, -0.05) is 121 Å². The van der Waals surface area contributed by atoms with E-state index in [1.54, 1.807) is 0 Å². The van der Waals surface area contributed by atoms with E-state index in [0.717, 1.165) is 12.8 Å². The zero-order chi connectivity index (χ0) is 28.2. The maximum absolute atomic E-state index is 2.42. The van der Waals surface area contributed by atoms with Crippen molar-refractivity contribution < 1.29 is 0 Å². The molecule has 0 heteroatoms. The predicted molar refractivity (Wildman–Crippen MR) is 180 cm³/mol. The Hall–Kier alpha value is -4.68. The van der Waals surface area contributed by atoms with E-state index in [-0.39, 0.29) is 0 Å². The average molecular weight is 537 g/mol. The molecule has 0 amide bonds. The third-order valence-corrected chi connectivity index (χ3v) is 9.31. The highest BCUT2D eigenvalue weighted by atomic mass is 14.3. The molecule has 0 heterocycles. The van der Waals surface area contributed by atoms with Crippen LogP contribution in [0.3, 0.4) is 0 Å². The first kappa shape index (κ1) is 25.1. The average Bonchev–Trinajstić information content (AvgIpc) is 3.59. The summed E-state index contributed by atoms with van der Waals surface area (Å²) in [5.41, 5.74) is 13.4. The van der Waals surface area contributed by atoms with E-state index >= 15 is 0 Å². The molecule has 6 aromatic carbocycles. The summed E-state index contributed by atoms with van der Waals surface area (Å²) in [6.45, 7) is 4.43. The Morgan fingerprint density at radius 1 is 0.357 bits per heavy atom. The molecule has 0 nitrogen and oxygen atoms in total. The van der Waals surface area contributed by atoms with E-state index in [1.807, 2.05) is 0 Å². The highest BCUT2D eigenvalue weighted by molar-refractivity contribution is 6.08. The van der Waals surface area contributed by atoms with Crippen LogP contribution in [0.25, 0.3) is 44.8 Å². The van der Waals surface area contributed by atoms with Crippen LogP contribution in [0.5, 0.6) is 0 Å².